The van der Waals surface area contributed by atoms with Crippen LogP contribution in [0.25, 0.3) is 0 Å². The lowest BCUT2D eigenvalue weighted by atomic mass is 9.96. The number of halogens is 1. The lowest BCUT2D eigenvalue weighted by molar-refractivity contribution is -0.152. The van der Waals surface area contributed by atoms with Gasteiger partial charge in [-0.2, -0.15) is 0 Å². The van der Waals surface area contributed by atoms with E-state index in [1.54, 1.807) is 29.0 Å². The molecular formula is C26H29ClN4O4. The second-order valence-corrected chi connectivity index (χ2v) is 9.24. The fourth-order valence-corrected chi connectivity index (χ4v) is 4.20. The number of hydrogen-bond donors (Lipinski definition) is 1. The first-order valence-corrected chi connectivity index (χ1v) is 11.8. The Morgan fingerprint density at radius 1 is 1.26 bits per heavy atom. The summed E-state index contributed by atoms with van der Waals surface area (Å²) >= 11 is 6.15. The van der Waals surface area contributed by atoms with Crippen LogP contribution >= 0.6 is 11.6 Å². The van der Waals surface area contributed by atoms with Gasteiger partial charge in [-0.1, -0.05) is 41.9 Å². The molecular weight excluding hydrogens is 468 g/mol. The molecule has 2 heterocycles. The van der Waals surface area contributed by atoms with Crippen LogP contribution in [0.15, 0.2) is 61.1 Å². The van der Waals surface area contributed by atoms with Gasteiger partial charge in [0.25, 0.3) is 5.91 Å². The van der Waals surface area contributed by atoms with Crippen molar-refractivity contribution < 1.29 is 19.1 Å². The Hall–Kier alpha value is -3.36. The third-order valence-corrected chi connectivity index (χ3v) is 6.48. The van der Waals surface area contributed by atoms with E-state index in [1.807, 2.05) is 43.3 Å². The van der Waals surface area contributed by atoms with E-state index in [9.17, 15) is 9.59 Å². The molecule has 3 aromatic rings. The number of imidazole rings is 1. The molecule has 0 bridgehead atoms. The predicted molar refractivity (Wildman–Crippen MR) is 132 cm³/mol. The fraction of sp³-hybridized carbons (Fsp3) is 0.346. The van der Waals surface area contributed by atoms with Crippen LogP contribution in [0.4, 0.5) is 0 Å². The van der Waals surface area contributed by atoms with Crippen molar-refractivity contribution in [1.29, 1.82) is 0 Å². The molecule has 35 heavy (non-hydrogen) atoms. The summed E-state index contributed by atoms with van der Waals surface area (Å²) in [4.78, 5) is 36.5. The van der Waals surface area contributed by atoms with Crippen LogP contribution in [0.1, 0.15) is 28.0 Å². The highest BCUT2D eigenvalue weighted by Crippen LogP contribution is 2.28. The lowest BCUT2D eigenvalue weighted by Gasteiger charge is -2.42. The van der Waals surface area contributed by atoms with Crippen LogP contribution < -0.4 is 4.74 Å². The molecule has 2 aromatic carbocycles. The molecule has 0 aliphatic carbocycles. The molecule has 9 heteroatoms. The number of ether oxygens (including phenoxy) is 2. The lowest BCUT2D eigenvalue weighted by Crippen LogP contribution is -2.58. The predicted octanol–water partition coefficient (Wildman–Crippen LogP) is 3.71. The Bertz CT molecular complexity index is 1160. The minimum atomic E-state index is -1.01. The van der Waals surface area contributed by atoms with Gasteiger partial charge in [-0.05, 0) is 36.2 Å². The molecule has 0 saturated carbocycles. The summed E-state index contributed by atoms with van der Waals surface area (Å²) in [5.74, 6) is 0.333. The number of nitrogens with one attached hydrogen (secondary N) is 1. The Balaban J connectivity index is 1.52. The van der Waals surface area contributed by atoms with Gasteiger partial charge in [0.2, 0.25) is 5.91 Å². The first-order valence-electron chi connectivity index (χ1n) is 11.4. The van der Waals surface area contributed by atoms with E-state index in [0.717, 1.165) is 11.1 Å². The molecule has 1 aliphatic heterocycles. The van der Waals surface area contributed by atoms with Crippen LogP contribution in [0.2, 0.25) is 5.02 Å². The van der Waals surface area contributed by atoms with E-state index in [-0.39, 0.29) is 31.4 Å². The van der Waals surface area contributed by atoms with Gasteiger partial charge >= 0.3 is 0 Å². The third kappa shape index (κ3) is 6.21. The van der Waals surface area contributed by atoms with E-state index in [2.05, 4.69) is 9.97 Å². The molecule has 1 aliphatic rings. The molecule has 1 N–H and O–H groups in total. The number of carbonyl (C=O) groups is 2. The maximum absolute atomic E-state index is 13.3. The number of morpholine rings is 1. The van der Waals surface area contributed by atoms with Crippen LogP contribution in [-0.2, 0) is 16.1 Å². The van der Waals surface area contributed by atoms with Crippen molar-refractivity contribution in [1.82, 2.24) is 19.8 Å². The number of benzene rings is 2. The average Bonchev–Trinajstić information content (AvgIpc) is 3.40. The number of aryl methyl sites for hydroxylation is 1. The van der Waals surface area contributed by atoms with Crippen molar-refractivity contribution >= 4 is 23.4 Å². The van der Waals surface area contributed by atoms with Crippen molar-refractivity contribution in [2.75, 3.05) is 33.4 Å². The first-order chi connectivity index (χ1) is 16.8. The fourth-order valence-electron chi connectivity index (χ4n) is 4.08. The SMILES string of the molecule is Cc1cc(OC[C@@]2(CC(=O)N(C)Cc3ccccc3)CN(C(=O)c3cnc[nH]3)CCO2)ccc1Cl. The van der Waals surface area contributed by atoms with Crippen LogP contribution in [0.3, 0.4) is 0 Å². The van der Waals surface area contributed by atoms with Crippen molar-refractivity contribution in [2.45, 2.75) is 25.5 Å². The summed E-state index contributed by atoms with van der Waals surface area (Å²) in [6, 6.07) is 15.2. The number of aromatic amines is 1. The summed E-state index contributed by atoms with van der Waals surface area (Å²) in [6.07, 6.45) is 3.02. The van der Waals surface area contributed by atoms with Gasteiger partial charge in [0.15, 0.2) is 0 Å². The molecule has 2 amide bonds. The summed E-state index contributed by atoms with van der Waals surface area (Å²) in [7, 11) is 1.77. The number of carbonyl (C=O) groups excluding carboxylic acids is 2. The minimum absolute atomic E-state index is 0.0651. The molecule has 8 nitrogen and oxygen atoms in total. The van der Waals surface area contributed by atoms with Crippen molar-refractivity contribution in [3.05, 3.63) is 82.9 Å². The Labute approximate surface area is 209 Å². The standard InChI is InChI=1S/C26H29ClN4O4/c1-19-12-21(8-9-22(19)27)34-17-26(13-24(32)30(2)15-20-6-4-3-5-7-20)16-31(10-11-35-26)25(33)23-14-28-18-29-23/h3-9,12,14,18H,10-11,13,15-17H2,1-2H3,(H,28,29)/t26-/m1/s1. The van der Waals surface area contributed by atoms with Crippen LogP contribution in [0, 0.1) is 6.92 Å². The highest BCUT2D eigenvalue weighted by atomic mass is 35.5. The molecule has 1 saturated heterocycles. The monoisotopic (exact) mass is 496 g/mol. The summed E-state index contributed by atoms with van der Waals surface area (Å²) in [5, 5.41) is 0.648. The Kier molecular flexibility index (Phi) is 7.73. The highest BCUT2D eigenvalue weighted by molar-refractivity contribution is 6.31. The number of aromatic nitrogens is 2. The van der Waals surface area contributed by atoms with E-state index in [0.29, 0.717) is 36.2 Å². The molecule has 1 atom stereocenters. The van der Waals surface area contributed by atoms with Crippen molar-refractivity contribution in [2.24, 2.45) is 0 Å². The smallest absolute Gasteiger partial charge is 0.272 e. The van der Waals surface area contributed by atoms with Gasteiger partial charge in [-0.15, -0.1) is 0 Å². The maximum atomic E-state index is 13.3. The molecule has 4 rings (SSSR count). The minimum Gasteiger partial charge on any atom is -0.490 e. The average molecular weight is 497 g/mol. The van der Waals surface area contributed by atoms with Crippen molar-refractivity contribution in [3.63, 3.8) is 0 Å². The third-order valence-electron chi connectivity index (χ3n) is 6.06. The van der Waals surface area contributed by atoms with Gasteiger partial charge in [0, 0.05) is 25.2 Å². The molecule has 1 fully saturated rings. The second-order valence-electron chi connectivity index (χ2n) is 8.84. The van der Waals surface area contributed by atoms with E-state index >= 15 is 0 Å². The summed E-state index contributed by atoms with van der Waals surface area (Å²) < 4.78 is 12.3. The van der Waals surface area contributed by atoms with E-state index < -0.39 is 5.60 Å². The van der Waals surface area contributed by atoms with Gasteiger partial charge in [-0.3, -0.25) is 9.59 Å². The van der Waals surface area contributed by atoms with Crippen molar-refractivity contribution in [3.8, 4) is 5.75 Å². The highest BCUT2D eigenvalue weighted by Gasteiger charge is 2.42. The zero-order valence-corrected chi connectivity index (χ0v) is 20.6. The zero-order chi connectivity index (χ0) is 24.8. The molecule has 0 radical (unpaired) electrons. The number of amides is 2. The van der Waals surface area contributed by atoms with E-state index in [1.165, 1.54) is 12.5 Å². The van der Waals surface area contributed by atoms with Gasteiger partial charge in [0.05, 0.1) is 32.1 Å². The van der Waals surface area contributed by atoms with Crippen LogP contribution in [0.5, 0.6) is 5.75 Å². The molecule has 184 valence electrons. The Morgan fingerprint density at radius 3 is 2.77 bits per heavy atom. The molecule has 0 unspecified atom stereocenters. The summed E-state index contributed by atoms with van der Waals surface area (Å²) in [5.41, 5.74) is 1.30. The summed E-state index contributed by atoms with van der Waals surface area (Å²) in [6.45, 7) is 3.39. The molecule has 0 spiro atoms. The van der Waals surface area contributed by atoms with Gasteiger partial charge in [-0.25, -0.2) is 4.98 Å². The van der Waals surface area contributed by atoms with Gasteiger partial charge in [0.1, 0.15) is 23.7 Å². The normalized spacial score (nSPS) is 17.7. The number of hydrogen-bond acceptors (Lipinski definition) is 5. The van der Waals surface area contributed by atoms with E-state index in [4.69, 9.17) is 21.1 Å². The number of rotatable bonds is 8. The maximum Gasteiger partial charge on any atom is 0.272 e. The number of nitrogens with zero attached hydrogens (tertiary/aromatic N) is 3. The quantitative estimate of drug-likeness (QED) is 0.513. The van der Waals surface area contributed by atoms with Crippen LogP contribution in [-0.4, -0.2) is 70.5 Å². The first kappa shape index (κ1) is 24.8. The largest absolute Gasteiger partial charge is 0.490 e. The number of H-pyrrole nitrogens is 1. The van der Waals surface area contributed by atoms with Gasteiger partial charge < -0.3 is 24.3 Å². The topological polar surface area (TPSA) is 87.8 Å². The molecule has 1 aromatic heterocycles. The zero-order valence-electron chi connectivity index (χ0n) is 19.9. The Morgan fingerprint density at radius 2 is 2.06 bits per heavy atom. The second kappa shape index (κ2) is 10.9.